The van der Waals surface area contributed by atoms with Crippen molar-refractivity contribution in [2.45, 2.75) is 19.4 Å². The second-order valence-electron chi connectivity index (χ2n) is 3.24. The monoisotopic (exact) mass is 194 g/mol. The minimum Gasteiger partial charge on any atom is -0.785 e. The van der Waals surface area contributed by atoms with Gasteiger partial charge in [-0.1, -0.05) is 37.3 Å². The average Bonchev–Trinajstić information content (AvgIpc) is 2.26. The zero-order valence-electron chi connectivity index (χ0n) is 8.39. The largest absolute Gasteiger partial charge is 0.785 e. The van der Waals surface area contributed by atoms with E-state index in [9.17, 15) is 10.3 Å². The fraction of sp³-hybridized carbons (Fsp3) is 0.455. The third kappa shape index (κ3) is 3.46. The molecule has 0 radical (unpaired) electrons. The van der Waals surface area contributed by atoms with Gasteiger partial charge in [0.25, 0.3) is 0 Å². The van der Waals surface area contributed by atoms with E-state index in [1.807, 2.05) is 37.3 Å². The number of benzene rings is 1. The molecule has 0 saturated carbocycles. The van der Waals surface area contributed by atoms with Crippen molar-refractivity contribution in [3.05, 3.63) is 41.1 Å². The van der Waals surface area contributed by atoms with Crippen LogP contribution in [0.5, 0.6) is 0 Å². The van der Waals surface area contributed by atoms with Crippen LogP contribution in [0.2, 0.25) is 0 Å². The van der Waals surface area contributed by atoms with E-state index in [1.54, 1.807) is 0 Å². The van der Waals surface area contributed by atoms with Gasteiger partial charge in [-0.3, -0.25) is 0 Å². The van der Waals surface area contributed by atoms with Crippen LogP contribution >= 0.6 is 0 Å². The molecule has 0 heterocycles. The lowest BCUT2D eigenvalue weighted by atomic mass is 10.1. The Bertz CT molecular complexity index is 251. The second kappa shape index (κ2) is 5.75. The maximum atomic E-state index is 11.0. The first-order chi connectivity index (χ1) is 6.74. The molecule has 3 nitrogen and oxygen atoms in total. The molecule has 1 atom stereocenters. The molecule has 0 aliphatic carbocycles. The fourth-order valence-electron chi connectivity index (χ4n) is 1.27. The summed E-state index contributed by atoms with van der Waals surface area (Å²) in [5.41, 5.74) is 0.872. The predicted molar refractivity (Wildman–Crippen MR) is 56.6 cm³/mol. The Labute approximate surface area is 84.6 Å². The number of rotatable bonds is 5. The molecule has 0 aliphatic rings. The Morgan fingerprint density at radius 1 is 1.36 bits per heavy atom. The highest BCUT2D eigenvalue weighted by atomic mass is 16.5. The van der Waals surface area contributed by atoms with Crippen LogP contribution in [0.4, 0.5) is 0 Å². The van der Waals surface area contributed by atoms with Crippen LogP contribution in [0.15, 0.2) is 30.3 Å². The van der Waals surface area contributed by atoms with Crippen LogP contribution in [0.3, 0.4) is 0 Å². The van der Waals surface area contributed by atoms with Gasteiger partial charge in [0.1, 0.15) is 0 Å². The number of aliphatic hydroxyl groups is 1. The zero-order chi connectivity index (χ0) is 10.4. The molecule has 0 aliphatic heterocycles. The van der Waals surface area contributed by atoms with E-state index in [0.717, 1.165) is 10.6 Å². The van der Waals surface area contributed by atoms with Crippen LogP contribution in [0.1, 0.15) is 25.0 Å². The molecule has 0 saturated heterocycles. The molecule has 0 aromatic heterocycles. The topological polar surface area (TPSA) is 46.5 Å². The van der Waals surface area contributed by atoms with Crippen molar-refractivity contribution in [1.29, 1.82) is 0 Å². The summed E-state index contributed by atoms with van der Waals surface area (Å²) in [6, 6.07) is 9.40. The fourth-order valence-corrected chi connectivity index (χ4v) is 1.27. The van der Waals surface area contributed by atoms with Gasteiger partial charge in [-0.05, 0) is 25.1 Å². The first-order valence-electron chi connectivity index (χ1n) is 4.89. The molecule has 0 bridgehead atoms. The lowest BCUT2D eigenvalue weighted by molar-refractivity contribution is 0.154. The molecule has 1 unspecified atom stereocenters. The van der Waals surface area contributed by atoms with Crippen LogP contribution < -0.4 is 0 Å². The minimum atomic E-state index is -0.529. The summed E-state index contributed by atoms with van der Waals surface area (Å²) in [5.74, 6) is 0. The lowest BCUT2D eigenvalue weighted by Gasteiger charge is -2.27. The van der Waals surface area contributed by atoms with Crippen molar-refractivity contribution in [2.75, 3.05) is 13.1 Å². The first-order valence-corrected chi connectivity index (χ1v) is 4.89. The molecule has 1 N–H and O–H groups in total. The highest BCUT2D eigenvalue weighted by molar-refractivity contribution is 5.17. The Hall–Kier alpha value is -0.900. The number of aliphatic hydroxyl groups excluding tert-OH is 1. The van der Waals surface area contributed by atoms with Gasteiger partial charge < -0.3 is 15.4 Å². The van der Waals surface area contributed by atoms with E-state index >= 15 is 0 Å². The van der Waals surface area contributed by atoms with E-state index in [0.29, 0.717) is 19.5 Å². The number of hydrogen-bond acceptors (Lipinski definition) is 3. The van der Waals surface area contributed by atoms with E-state index in [4.69, 9.17) is 0 Å². The van der Waals surface area contributed by atoms with Crippen molar-refractivity contribution >= 4 is 0 Å². The summed E-state index contributed by atoms with van der Waals surface area (Å²) in [6.07, 6.45) is -0.0411. The van der Waals surface area contributed by atoms with Gasteiger partial charge in [0, 0.05) is 0 Å². The van der Waals surface area contributed by atoms with E-state index in [2.05, 4.69) is 0 Å². The summed E-state index contributed by atoms with van der Waals surface area (Å²) >= 11 is 0. The molecular weight excluding hydrogens is 178 g/mol. The normalized spacial score (nSPS) is 13.1. The molecule has 0 fully saturated rings. The van der Waals surface area contributed by atoms with E-state index in [-0.39, 0.29) is 0 Å². The van der Waals surface area contributed by atoms with Crippen LogP contribution in [-0.2, 0) is 0 Å². The molecule has 0 spiro atoms. The van der Waals surface area contributed by atoms with E-state index < -0.39 is 6.10 Å². The molecule has 1 aromatic rings. The molecule has 3 heteroatoms. The third-order valence-corrected chi connectivity index (χ3v) is 2.19. The van der Waals surface area contributed by atoms with Crippen LogP contribution in [-0.4, -0.2) is 23.3 Å². The lowest BCUT2D eigenvalue weighted by Crippen LogP contribution is -2.18. The quantitative estimate of drug-likeness (QED) is 0.728. The van der Waals surface area contributed by atoms with Crippen molar-refractivity contribution in [2.24, 2.45) is 0 Å². The minimum absolute atomic E-state index is 0.382. The molecule has 78 valence electrons. The second-order valence-corrected chi connectivity index (χ2v) is 3.24. The summed E-state index contributed by atoms with van der Waals surface area (Å²) in [4.78, 5) is 0. The SMILES string of the molecule is CCN([O-])CCC(O)c1ccccc1. The maximum Gasteiger partial charge on any atom is 0.0801 e. The zero-order valence-corrected chi connectivity index (χ0v) is 8.39. The van der Waals surface area contributed by atoms with Gasteiger partial charge >= 0.3 is 0 Å². The maximum absolute atomic E-state index is 11.0. The Morgan fingerprint density at radius 2 is 2.00 bits per heavy atom. The summed E-state index contributed by atoms with van der Waals surface area (Å²) < 4.78 is 0. The molecule has 14 heavy (non-hydrogen) atoms. The van der Waals surface area contributed by atoms with Crippen molar-refractivity contribution in [3.63, 3.8) is 0 Å². The number of hydroxylamine groups is 2. The van der Waals surface area contributed by atoms with Crippen LogP contribution in [0.25, 0.3) is 0 Å². The molecule has 1 rings (SSSR count). The first kappa shape index (κ1) is 11.2. The molecular formula is C11H16NO2-. The third-order valence-electron chi connectivity index (χ3n) is 2.19. The van der Waals surface area contributed by atoms with E-state index in [1.165, 1.54) is 0 Å². The Balaban J connectivity index is 2.39. The summed E-state index contributed by atoms with van der Waals surface area (Å²) in [7, 11) is 0. The smallest absolute Gasteiger partial charge is 0.0801 e. The Kier molecular flexibility index (Phi) is 4.59. The van der Waals surface area contributed by atoms with Gasteiger partial charge in [0.15, 0.2) is 0 Å². The molecule has 0 amide bonds. The summed E-state index contributed by atoms with van der Waals surface area (Å²) in [6.45, 7) is 2.66. The average molecular weight is 194 g/mol. The highest BCUT2D eigenvalue weighted by Crippen LogP contribution is 2.15. The molecule has 1 aromatic carbocycles. The highest BCUT2D eigenvalue weighted by Gasteiger charge is 2.05. The predicted octanol–water partition coefficient (Wildman–Crippen LogP) is 1.93. The standard InChI is InChI=1S/C11H16NO2/c1-2-12(14)9-8-11(13)10-6-4-3-5-7-10/h3-7,11,13H,2,8-9H2,1H3/q-1. The van der Waals surface area contributed by atoms with Crippen molar-refractivity contribution in [3.8, 4) is 0 Å². The van der Waals surface area contributed by atoms with Gasteiger partial charge in [0.05, 0.1) is 6.10 Å². The van der Waals surface area contributed by atoms with Gasteiger partial charge in [-0.2, -0.15) is 0 Å². The summed E-state index contributed by atoms with van der Waals surface area (Å²) in [5, 5.41) is 21.6. The van der Waals surface area contributed by atoms with Gasteiger partial charge in [-0.15, -0.1) is 0 Å². The van der Waals surface area contributed by atoms with Crippen molar-refractivity contribution in [1.82, 2.24) is 5.06 Å². The van der Waals surface area contributed by atoms with Crippen LogP contribution in [0, 0.1) is 5.21 Å². The van der Waals surface area contributed by atoms with Gasteiger partial charge in [0.2, 0.25) is 0 Å². The van der Waals surface area contributed by atoms with Gasteiger partial charge in [-0.25, -0.2) is 0 Å². The number of hydrogen-bond donors (Lipinski definition) is 1. The Morgan fingerprint density at radius 3 is 2.57 bits per heavy atom. The number of nitrogens with zero attached hydrogens (tertiary/aromatic N) is 1. The van der Waals surface area contributed by atoms with Crippen molar-refractivity contribution < 1.29 is 5.11 Å².